The first kappa shape index (κ1) is 8.03. The first-order valence-electron chi connectivity index (χ1n) is 13.1. The van der Waals surface area contributed by atoms with E-state index in [1.165, 1.54) is 0 Å². The summed E-state index contributed by atoms with van der Waals surface area (Å²) in [6, 6.07) is -5.37. The van der Waals surface area contributed by atoms with Gasteiger partial charge in [0.2, 0.25) is 0 Å². The Kier molecular flexibility index (Phi) is 2.85. The summed E-state index contributed by atoms with van der Waals surface area (Å²) in [6.07, 6.45) is 0.151. The number of nitrogens with zero attached hydrogens (tertiary/aromatic N) is 1. The van der Waals surface area contributed by atoms with Gasteiger partial charge in [-0.25, -0.2) is 0 Å². The highest BCUT2D eigenvalue weighted by Crippen LogP contribution is 2.25. The van der Waals surface area contributed by atoms with Crippen LogP contribution < -0.4 is 4.74 Å². The molecule has 0 aromatic heterocycles. The predicted octanol–water partition coefficient (Wildman–Crippen LogP) is 3.48. The molecule has 25 heavy (non-hydrogen) atoms. The minimum Gasteiger partial charge on any atom is -0.497 e. The molecule has 134 valence electrons. The number of benzene rings is 2. The van der Waals surface area contributed by atoms with Crippen LogP contribution in [0.2, 0.25) is 0 Å². The maximum absolute atomic E-state index is 12.8. The van der Waals surface area contributed by atoms with E-state index in [-0.39, 0.29) is 26.1 Å². The van der Waals surface area contributed by atoms with Crippen LogP contribution in [0.5, 0.6) is 5.75 Å². The molecular formula is C18H21NO6. The molecule has 0 heterocycles. The van der Waals surface area contributed by atoms with E-state index in [9.17, 15) is 14.9 Å². The highest BCUT2D eigenvalue weighted by Gasteiger charge is 2.17. The van der Waals surface area contributed by atoms with E-state index in [1.54, 1.807) is 0 Å². The first-order chi connectivity index (χ1) is 16.9. The Bertz CT molecular complexity index is 1210. The third-order valence-corrected chi connectivity index (χ3v) is 2.98. The monoisotopic (exact) mass is 359 g/mol. The second-order valence-corrected chi connectivity index (χ2v) is 4.71. The number of fused-ring (bicyclic) bond motifs is 1. The Labute approximate surface area is 162 Å². The zero-order valence-electron chi connectivity index (χ0n) is 24.8. The van der Waals surface area contributed by atoms with Gasteiger partial charge in [-0.15, -0.1) is 10.1 Å². The van der Waals surface area contributed by atoms with Crippen molar-refractivity contribution in [2.75, 3.05) is 20.3 Å². The highest BCUT2D eigenvalue weighted by atomic mass is 16.9. The summed E-state index contributed by atoms with van der Waals surface area (Å²) in [5, 5.41) is 7.93. The molecule has 0 bridgehead atoms. The van der Waals surface area contributed by atoms with Crippen molar-refractivity contribution in [3.05, 3.63) is 51.9 Å². The van der Waals surface area contributed by atoms with Gasteiger partial charge >= 0.3 is 5.97 Å². The van der Waals surface area contributed by atoms with Crippen molar-refractivity contribution in [3.63, 3.8) is 0 Å². The van der Waals surface area contributed by atoms with Gasteiger partial charge in [0.1, 0.15) is 5.75 Å². The van der Waals surface area contributed by atoms with Crippen LogP contribution in [0.15, 0.2) is 36.3 Å². The van der Waals surface area contributed by atoms with Crippen molar-refractivity contribution in [3.8, 4) is 5.75 Å². The smallest absolute Gasteiger partial charge is 0.313 e. The maximum Gasteiger partial charge on any atom is 0.313 e. The second kappa shape index (κ2) is 8.86. The number of hydrogen-bond acceptors (Lipinski definition) is 6. The molecule has 2 aromatic rings. The largest absolute Gasteiger partial charge is 0.497 e. The van der Waals surface area contributed by atoms with Gasteiger partial charge in [-0.05, 0) is 48.1 Å². The van der Waals surface area contributed by atoms with E-state index >= 15 is 0 Å². The van der Waals surface area contributed by atoms with Gasteiger partial charge in [-0.3, -0.25) is 4.79 Å². The third-order valence-electron chi connectivity index (χ3n) is 2.98. The Balaban J connectivity index is 2.62. The lowest BCUT2D eigenvalue weighted by atomic mass is 9.98. The molecule has 0 saturated heterocycles. The average Bonchev–Trinajstić information content (AvgIpc) is 2.75. The average molecular weight is 359 g/mol. The summed E-state index contributed by atoms with van der Waals surface area (Å²) >= 11 is 0. The lowest BCUT2D eigenvalue weighted by molar-refractivity contribution is -0.757. The van der Waals surface area contributed by atoms with Gasteiger partial charge in [0.25, 0.3) is 5.09 Å². The molecule has 0 aliphatic rings. The van der Waals surface area contributed by atoms with Crippen molar-refractivity contribution in [1.82, 2.24) is 0 Å². The number of esters is 1. The van der Waals surface area contributed by atoms with E-state index in [2.05, 4.69) is 9.57 Å². The molecule has 0 saturated carbocycles. The lowest BCUT2D eigenvalue weighted by Gasteiger charge is -2.13. The Morgan fingerprint density at radius 1 is 1.24 bits per heavy atom. The standard InChI is InChI=1S/C18H21NO6/c1-13(18(20)24-9-3-4-10-25-19(21)22)14-5-6-16-12-17(23-2)8-7-15(16)11-14/h5-8,11-13H,3-4,9-10H2,1-2H3/t13-/m0/s1/i1D3,2D3,5D,6D,7D,8D,11D,12D. The zero-order chi connectivity index (χ0) is 28.5. The number of hydrogen-bond donors (Lipinski definition) is 0. The fourth-order valence-electron chi connectivity index (χ4n) is 1.78. The van der Waals surface area contributed by atoms with Crippen LogP contribution in [0.4, 0.5) is 0 Å². The summed E-state index contributed by atoms with van der Waals surface area (Å²) in [5.74, 6) is -4.52. The predicted molar refractivity (Wildman–Crippen MR) is 92.1 cm³/mol. The number of unbranched alkanes of at least 4 members (excludes halogenated alkanes) is 1. The Hall–Kier alpha value is -2.83. The minimum atomic E-state index is -3.18. The van der Waals surface area contributed by atoms with Gasteiger partial charge in [-0.1, -0.05) is 24.2 Å². The molecule has 0 fully saturated rings. The summed E-state index contributed by atoms with van der Waals surface area (Å²) in [6.45, 7) is -3.85. The van der Waals surface area contributed by atoms with Crippen LogP contribution in [0, 0.1) is 10.1 Å². The number of rotatable bonds is 9. The Morgan fingerprint density at radius 2 is 2.00 bits per heavy atom. The number of carbonyl (C=O) groups excluding carboxylic acids is 1. The van der Waals surface area contributed by atoms with Crippen LogP contribution in [0.1, 0.15) is 47.6 Å². The summed E-state index contributed by atoms with van der Waals surface area (Å²) in [4.78, 5) is 27.0. The molecule has 1 atom stereocenters. The van der Waals surface area contributed by atoms with Crippen LogP contribution in [0.25, 0.3) is 10.8 Å². The van der Waals surface area contributed by atoms with Crippen molar-refractivity contribution >= 4 is 16.7 Å². The summed E-state index contributed by atoms with van der Waals surface area (Å²) < 4.78 is 104. The van der Waals surface area contributed by atoms with Crippen LogP contribution >= 0.6 is 0 Å². The third kappa shape index (κ3) is 5.34. The quantitative estimate of drug-likeness (QED) is 0.295. The van der Waals surface area contributed by atoms with Crippen LogP contribution in [-0.2, 0) is 14.4 Å². The van der Waals surface area contributed by atoms with Crippen molar-refractivity contribution < 1.29 is 40.6 Å². The SMILES string of the molecule is [2H]c1c([C@@H](C(=O)OCCCCO[N+](=O)[O-])C([2H])([2H])[2H])c([2H])c2c([2H])c([2H])c(OC([2H])([2H])[2H])c([2H])c2c1[2H]. The number of methoxy groups -OCH3 is 1. The minimum absolute atomic E-state index is 0.0592. The number of carbonyl (C=O) groups is 1. The Morgan fingerprint density at radius 3 is 2.76 bits per heavy atom. The van der Waals surface area contributed by atoms with E-state index in [4.69, 9.17) is 21.2 Å². The fourth-order valence-corrected chi connectivity index (χ4v) is 1.78. The van der Waals surface area contributed by atoms with Gasteiger partial charge in [0, 0.05) is 4.11 Å². The van der Waals surface area contributed by atoms with E-state index in [0.29, 0.717) is 0 Å². The topological polar surface area (TPSA) is 87.9 Å². The molecule has 0 aliphatic carbocycles. The van der Waals surface area contributed by atoms with Crippen molar-refractivity contribution in [2.45, 2.75) is 25.6 Å². The molecule has 0 unspecified atom stereocenters. The molecular weight excluding hydrogens is 326 g/mol. The van der Waals surface area contributed by atoms with Gasteiger partial charge in [0.15, 0.2) is 0 Å². The molecule has 0 amide bonds. The number of ether oxygens (including phenoxy) is 2. The lowest BCUT2D eigenvalue weighted by Crippen LogP contribution is -2.14. The molecule has 7 heteroatoms. The van der Waals surface area contributed by atoms with Crippen molar-refractivity contribution in [2.24, 2.45) is 0 Å². The summed E-state index contributed by atoms with van der Waals surface area (Å²) in [5.41, 5.74) is -0.795. The fraction of sp³-hybridized carbons (Fsp3) is 0.389. The van der Waals surface area contributed by atoms with Gasteiger partial charge in [0.05, 0.1) is 38.5 Å². The summed E-state index contributed by atoms with van der Waals surface area (Å²) in [7, 11) is -3.12. The van der Waals surface area contributed by atoms with E-state index in [0.717, 1.165) is 0 Å². The van der Waals surface area contributed by atoms with E-state index < -0.39 is 89.2 Å². The second-order valence-electron chi connectivity index (χ2n) is 4.71. The first-order valence-corrected chi connectivity index (χ1v) is 7.06. The molecule has 0 aliphatic heterocycles. The van der Waals surface area contributed by atoms with Crippen LogP contribution in [0.3, 0.4) is 0 Å². The normalized spacial score (nSPS) is 19.7. The molecule has 0 radical (unpaired) electrons. The molecule has 2 aromatic carbocycles. The molecule has 7 nitrogen and oxygen atoms in total. The van der Waals surface area contributed by atoms with Gasteiger partial charge in [-0.2, -0.15) is 0 Å². The highest BCUT2D eigenvalue weighted by molar-refractivity contribution is 5.86. The molecule has 2 rings (SSSR count). The molecule has 0 N–H and O–H groups in total. The zero-order valence-corrected chi connectivity index (χ0v) is 12.8. The van der Waals surface area contributed by atoms with Crippen LogP contribution in [-0.4, -0.2) is 31.3 Å². The van der Waals surface area contributed by atoms with Crippen molar-refractivity contribution in [1.29, 1.82) is 0 Å². The van der Waals surface area contributed by atoms with E-state index in [1.807, 2.05) is 0 Å². The van der Waals surface area contributed by atoms with Gasteiger partial charge < -0.3 is 14.3 Å². The molecule has 0 spiro atoms. The maximum atomic E-state index is 12.8.